The predicted octanol–water partition coefficient (Wildman–Crippen LogP) is -0.686. The average Bonchev–Trinajstić information content (AvgIpc) is 3.41. The van der Waals surface area contributed by atoms with Gasteiger partial charge >= 0.3 is 0 Å². The number of rotatable bonds is 7. The van der Waals surface area contributed by atoms with Crippen LogP contribution >= 0.6 is 0 Å². The first-order valence-electron chi connectivity index (χ1n) is 13.3. The minimum Gasteiger partial charge on any atom is -0.510 e. The van der Waals surface area contributed by atoms with Crippen molar-refractivity contribution in [1.29, 1.82) is 0 Å². The molecule has 0 aromatic heterocycles. The first-order chi connectivity index (χ1) is 19.4. The van der Waals surface area contributed by atoms with Crippen LogP contribution in [0, 0.1) is 17.7 Å². The van der Waals surface area contributed by atoms with Gasteiger partial charge in [0.2, 0.25) is 11.7 Å². The van der Waals surface area contributed by atoms with Gasteiger partial charge in [-0.3, -0.25) is 24.1 Å². The fraction of sp³-hybridized carbons (Fsp3) is 0.481. The maximum atomic E-state index is 15.4. The molecule has 5 rings (SSSR count). The van der Waals surface area contributed by atoms with Crippen LogP contribution in [0.5, 0.6) is 5.75 Å². The number of allylic oxidation sites excluding steroid dienone is 1. The monoisotopic (exact) mass is 574 g/mol. The molecule has 0 bridgehead atoms. The summed E-state index contributed by atoms with van der Waals surface area (Å²) in [6, 6.07) is -0.431. The summed E-state index contributed by atoms with van der Waals surface area (Å²) in [6.45, 7) is 0.882. The molecule has 1 aromatic carbocycles. The molecule has 9 N–H and O–H groups in total. The van der Waals surface area contributed by atoms with E-state index in [1.807, 2.05) is 4.90 Å². The van der Waals surface area contributed by atoms with Gasteiger partial charge in [0.15, 0.2) is 17.1 Å². The van der Waals surface area contributed by atoms with Crippen molar-refractivity contribution in [1.82, 2.24) is 10.2 Å². The second kappa shape index (κ2) is 10.5. The molecule has 1 aromatic rings. The SMILES string of the molecule is NC(=O)C1=C(O)[C@@H](NCCO)[C@@H]2C[C@@H]3Cc4c(F)cc(NC(=O)CN5CCCC5)c(O)c4C(=O)C3=C(O)[C@]2(O)C1=O. The molecule has 3 aliphatic carbocycles. The molecule has 0 saturated carbocycles. The number of aliphatic hydroxyl groups excluding tert-OH is 3. The number of primary amides is 1. The molecule has 41 heavy (non-hydrogen) atoms. The number of Topliss-reactive ketones (excluding diaryl/α,β-unsaturated/α-hetero) is 2. The van der Waals surface area contributed by atoms with Gasteiger partial charge in [-0.1, -0.05) is 0 Å². The number of nitrogens with two attached hydrogens (primary N) is 1. The third-order valence-electron chi connectivity index (χ3n) is 8.46. The number of aliphatic hydroxyl groups is 4. The van der Waals surface area contributed by atoms with Crippen LogP contribution < -0.4 is 16.4 Å². The van der Waals surface area contributed by atoms with Crippen molar-refractivity contribution in [2.45, 2.75) is 37.3 Å². The molecule has 0 spiro atoms. The number of halogens is 1. The second-order valence-corrected chi connectivity index (χ2v) is 10.8. The summed E-state index contributed by atoms with van der Waals surface area (Å²) in [6.07, 6.45) is 1.40. The highest BCUT2D eigenvalue weighted by Gasteiger charge is 2.62. The first-order valence-corrected chi connectivity index (χ1v) is 13.3. The van der Waals surface area contributed by atoms with Gasteiger partial charge in [-0.25, -0.2) is 4.39 Å². The molecule has 4 atom stereocenters. The normalized spacial score (nSPS) is 27.9. The lowest BCUT2D eigenvalue weighted by Crippen LogP contribution is -2.64. The predicted molar refractivity (Wildman–Crippen MR) is 139 cm³/mol. The number of nitrogens with one attached hydrogen (secondary N) is 2. The van der Waals surface area contributed by atoms with Crippen LogP contribution in [0.3, 0.4) is 0 Å². The van der Waals surface area contributed by atoms with E-state index in [1.54, 1.807) is 0 Å². The Hall–Kier alpha value is -3.85. The zero-order chi connectivity index (χ0) is 29.8. The van der Waals surface area contributed by atoms with Gasteiger partial charge in [0, 0.05) is 29.7 Å². The zero-order valence-corrected chi connectivity index (χ0v) is 21.9. The molecule has 1 aliphatic heterocycles. The molecule has 0 radical (unpaired) electrons. The molecule has 1 saturated heterocycles. The van der Waals surface area contributed by atoms with E-state index in [0.717, 1.165) is 18.9 Å². The number of anilines is 1. The summed E-state index contributed by atoms with van der Waals surface area (Å²) in [5, 5.41) is 59.0. The maximum Gasteiger partial charge on any atom is 0.255 e. The van der Waals surface area contributed by atoms with Crippen LogP contribution in [0.15, 0.2) is 28.7 Å². The maximum absolute atomic E-state index is 15.4. The molecular formula is C27H31FN4O9. The lowest BCUT2D eigenvalue weighted by Gasteiger charge is -2.48. The quantitative estimate of drug-likeness (QED) is 0.150. The highest BCUT2D eigenvalue weighted by molar-refractivity contribution is 6.25. The van der Waals surface area contributed by atoms with Crippen molar-refractivity contribution < 1.29 is 49.1 Å². The van der Waals surface area contributed by atoms with Crippen molar-refractivity contribution in [2.24, 2.45) is 17.6 Å². The van der Waals surface area contributed by atoms with Gasteiger partial charge in [0.1, 0.15) is 22.9 Å². The van der Waals surface area contributed by atoms with Crippen molar-refractivity contribution in [3.8, 4) is 5.75 Å². The minimum atomic E-state index is -2.88. The lowest BCUT2D eigenvalue weighted by molar-refractivity contribution is -0.146. The van der Waals surface area contributed by atoms with Crippen molar-refractivity contribution >= 4 is 29.1 Å². The number of fused-ring (bicyclic) bond motifs is 3. The topological polar surface area (TPSA) is 223 Å². The lowest BCUT2D eigenvalue weighted by atomic mass is 9.58. The Balaban J connectivity index is 1.56. The van der Waals surface area contributed by atoms with Crippen molar-refractivity contribution in [3.63, 3.8) is 0 Å². The Morgan fingerprint density at radius 3 is 2.49 bits per heavy atom. The number of phenols is 1. The second-order valence-electron chi connectivity index (χ2n) is 10.8. The summed E-state index contributed by atoms with van der Waals surface area (Å²) in [7, 11) is 0. The van der Waals surface area contributed by atoms with Gasteiger partial charge in [0.25, 0.3) is 5.91 Å². The van der Waals surface area contributed by atoms with Crippen LogP contribution in [0.2, 0.25) is 0 Å². The fourth-order valence-corrected chi connectivity index (χ4v) is 6.58. The number of likely N-dealkylation sites (tertiary alicyclic amines) is 1. The summed E-state index contributed by atoms with van der Waals surface area (Å²) < 4.78 is 15.4. The largest absolute Gasteiger partial charge is 0.510 e. The zero-order valence-electron chi connectivity index (χ0n) is 21.9. The van der Waals surface area contributed by atoms with E-state index < -0.39 is 93.3 Å². The van der Waals surface area contributed by atoms with Crippen molar-refractivity contribution in [3.05, 3.63) is 45.7 Å². The van der Waals surface area contributed by atoms with Gasteiger partial charge in [0.05, 0.1) is 30.4 Å². The Morgan fingerprint density at radius 2 is 1.85 bits per heavy atom. The molecule has 14 heteroatoms. The minimum absolute atomic E-state index is 0.00464. The van der Waals surface area contributed by atoms with Crippen LogP contribution in [-0.4, -0.2) is 98.2 Å². The molecule has 13 nitrogen and oxygen atoms in total. The molecule has 1 fully saturated rings. The van der Waals surface area contributed by atoms with Gasteiger partial charge in [-0.15, -0.1) is 0 Å². The van der Waals surface area contributed by atoms with E-state index in [1.165, 1.54) is 0 Å². The van der Waals surface area contributed by atoms with Crippen LogP contribution in [-0.2, 0) is 20.8 Å². The van der Waals surface area contributed by atoms with Crippen LogP contribution in [0.4, 0.5) is 10.1 Å². The van der Waals surface area contributed by atoms with E-state index in [4.69, 9.17) is 5.73 Å². The van der Waals surface area contributed by atoms with E-state index in [9.17, 15) is 44.7 Å². The number of benzene rings is 1. The number of carbonyl (C=O) groups is 4. The molecule has 0 unspecified atom stereocenters. The third kappa shape index (κ3) is 4.47. The molecule has 220 valence electrons. The molecule has 4 aliphatic rings. The summed E-state index contributed by atoms with van der Waals surface area (Å²) >= 11 is 0. The Kier molecular flexibility index (Phi) is 7.36. The standard InChI is InChI=1S/C27H31FN4O9/c28-14-9-15(31-16(34)10-32-4-1-2-5-32)21(35)18-12(14)7-11-8-13-20(30-3-6-33)23(37)19(26(29)40)25(39)27(13,41)24(38)17(11)22(18)36/h9,11,13,20,30,33,35,37-38,41H,1-8,10H2,(H2,29,40)(H,31,34)/t11-,13-,20-,27-/m0/s1. The van der Waals surface area contributed by atoms with E-state index in [2.05, 4.69) is 10.6 Å². The summed E-state index contributed by atoms with van der Waals surface area (Å²) in [5.41, 5.74) is -0.105. The van der Waals surface area contributed by atoms with E-state index in [0.29, 0.717) is 13.1 Å². The highest BCUT2D eigenvalue weighted by Crippen LogP contribution is 2.52. The summed E-state index contributed by atoms with van der Waals surface area (Å²) in [4.78, 5) is 53.5. The number of amides is 2. The number of nitrogens with zero attached hydrogens (tertiary/aromatic N) is 1. The molecule has 1 heterocycles. The van der Waals surface area contributed by atoms with Crippen LogP contribution in [0.1, 0.15) is 35.2 Å². The smallest absolute Gasteiger partial charge is 0.255 e. The Labute approximate surface area is 233 Å². The number of carbonyl (C=O) groups excluding carboxylic acids is 4. The van der Waals surface area contributed by atoms with Gasteiger partial charge < -0.3 is 41.9 Å². The number of hydrogen-bond acceptors (Lipinski definition) is 11. The first kappa shape index (κ1) is 28.7. The fourth-order valence-electron chi connectivity index (χ4n) is 6.58. The number of aromatic hydroxyl groups is 1. The van der Waals surface area contributed by atoms with Gasteiger partial charge in [-0.2, -0.15) is 0 Å². The van der Waals surface area contributed by atoms with E-state index >= 15 is 4.39 Å². The molecule has 2 amide bonds. The van der Waals surface area contributed by atoms with Crippen molar-refractivity contribution in [2.75, 3.05) is 38.1 Å². The Bertz CT molecular complexity index is 1420. The van der Waals surface area contributed by atoms with Crippen LogP contribution in [0.25, 0.3) is 0 Å². The Morgan fingerprint density at radius 1 is 1.17 bits per heavy atom. The number of ketones is 2. The van der Waals surface area contributed by atoms with Gasteiger partial charge in [-0.05, 0) is 44.7 Å². The third-order valence-corrected chi connectivity index (χ3v) is 8.46. The molecular weight excluding hydrogens is 543 g/mol. The number of phenolic OH excluding ortho intramolecular Hbond substituents is 1. The summed E-state index contributed by atoms with van der Waals surface area (Å²) in [5.74, 6) is -10.2. The highest BCUT2D eigenvalue weighted by atomic mass is 19.1. The van der Waals surface area contributed by atoms with E-state index in [-0.39, 0.29) is 37.2 Å². The average molecular weight is 575 g/mol. The number of hydrogen-bond donors (Lipinski definition) is 8.